The molecule has 0 fully saturated rings. The van der Waals surface area contributed by atoms with Gasteiger partial charge in [0.15, 0.2) is 0 Å². The molecule has 0 aliphatic rings. The van der Waals surface area contributed by atoms with Crippen molar-refractivity contribution in [3.63, 3.8) is 0 Å². The first-order chi connectivity index (χ1) is 5.89. The molecule has 0 radical (unpaired) electrons. The molecule has 13 heavy (non-hydrogen) atoms. The van der Waals surface area contributed by atoms with E-state index in [2.05, 4.69) is 6.92 Å². The third-order valence-corrected chi connectivity index (χ3v) is 1.40. The Morgan fingerprint density at radius 3 is 1.62 bits per heavy atom. The number of benzene rings is 1. The van der Waals surface area contributed by atoms with E-state index in [1.54, 1.807) is 0 Å². The first-order valence-corrected chi connectivity index (χ1v) is 3.93. The summed E-state index contributed by atoms with van der Waals surface area (Å²) in [6.45, 7) is 3.72. The summed E-state index contributed by atoms with van der Waals surface area (Å²) in [4.78, 5) is 0. The molecule has 0 bridgehead atoms. The summed E-state index contributed by atoms with van der Waals surface area (Å²) in [5, 5.41) is 0. The zero-order chi connectivity index (χ0) is 8.65. The Morgan fingerprint density at radius 1 is 0.846 bits per heavy atom. The molecule has 68 valence electrons. The smallest absolute Gasteiger partial charge is 0.214 e. The van der Waals surface area contributed by atoms with Gasteiger partial charge in [-0.1, -0.05) is 6.07 Å². The van der Waals surface area contributed by atoms with E-state index in [1.807, 2.05) is 60.7 Å². The van der Waals surface area contributed by atoms with Crippen molar-refractivity contribution in [2.75, 3.05) is 0 Å². The predicted octanol–water partition coefficient (Wildman–Crippen LogP) is 3.27. The molecule has 0 N–H and O–H groups in total. The standard InChI is InChI=1S/C7H7.C5H5.Fe/c1-7-5-3-2-4-6-7;1-2-4-5-3-1;/h2-6H,1H2;1-5H;/q2*-1;+2. The molecule has 0 nitrogen and oxygen atoms in total. The molecule has 0 aliphatic heterocycles. The van der Waals surface area contributed by atoms with Gasteiger partial charge in [-0.3, -0.25) is 0 Å². The van der Waals surface area contributed by atoms with Crippen LogP contribution in [0, 0.1) is 6.92 Å². The van der Waals surface area contributed by atoms with Crippen molar-refractivity contribution in [3.05, 3.63) is 73.2 Å². The zero-order valence-electron chi connectivity index (χ0n) is 7.33. The van der Waals surface area contributed by atoms with Gasteiger partial charge < -0.3 is 0 Å². The van der Waals surface area contributed by atoms with Gasteiger partial charge in [-0.25, -0.2) is 12.1 Å². The van der Waals surface area contributed by atoms with Crippen LogP contribution in [0.15, 0.2) is 60.7 Å². The SMILES string of the molecule is [CH2-]c1ccccc1.[Fe+2].c1cc[cH-]c1. The molecule has 0 saturated carbocycles. The molecule has 2 aromatic carbocycles. The largest absolute Gasteiger partial charge is 2.00 e. The molecule has 2 aromatic rings. The van der Waals surface area contributed by atoms with Gasteiger partial charge in [-0.15, -0.1) is 12.1 Å². The normalized spacial score (nSPS) is 7.69. The van der Waals surface area contributed by atoms with E-state index in [9.17, 15) is 0 Å². The summed E-state index contributed by atoms with van der Waals surface area (Å²) < 4.78 is 0. The number of hydrogen-bond donors (Lipinski definition) is 0. The van der Waals surface area contributed by atoms with E-state index in [4.69, 9.17) is 0 Å². The first kappa shape index (κ1) is 12.0. The summed E-state index contributed by atoms with van der Waals surface area (Å²) >= 11 is 0. The zero-order valence-corrected chi connectivity index (χ0v) is 8.44. The molecular formula is C12H12Fe. The molecule has 0 atom stereocenters. The maximum atomic E-state index is 3.72. The van der Waals surface area contributed by atoms with Crippen molar-refractivity contribution >= 4 is 0 Å². The van der Waals surface area contributed by atoms with Crippen molar-refractivity contribution in [3.8, 4) is 0 Å². The third kappa shape index (κ3) is 6.15. The topological polar surface area (TPSA) is 0 Å². The Balaban J connectivity index is 0.000000215. The fraction of sp³-hybridized carbons (Fsp3) is 0. The Bertz CT molecular complexity index is 254. The van der Waals surface area contributed by atoms with Gasteiger partial charge in [0.1, 0.15) is 0 Å². The summed E-state index contributed by atoms with van der Waals surface area (Å²) in [5.74, 6) is 0. The van der Waals surface area contributed by atoms with Gasteiger partial charge in [0.05, 0.1) is 0 Å². The van der Waals surface area contributed by atoms with E-state index < -0.39 is 0 Å². The van der Waals surface area contributed by atoms with E-state index in [-0.39, 0.29) is 17.1 Å². The second kappa shape index (κ2) is 7.60. The van der Waals surface area contributed by atoms with Crippen LogP contribution in [0.5, 0.6) is 0 Å². The molecule has 0 unspecified atom stereocenters. The van der Waals surface area contributed by atoms with Crippen LogP contribution in [-0.4, -0.2) is 0 Å². The molecule has 1 heteroatoms. The quantitative estimate of drug-likeness (QED) is 0.464. The van der Waals surface area contributed by atoms with Crippen LogP contribution in [0.3, 0.4) is 0 Å². The monoisotopic (exact) mass is 212 g/mol. The predicted molar refractivity (Wildman–Crippen MR) is 52.9 cm³/mol. The van der Waals surface area contributed by atoms with Crippen LogP contribution in [0.2, 0.25) is 0 Å². The minimum atomic E-state index is 0. The van der Waals surface area contributed by atoms with Crippen molar-refractivity contribution < 1.29 is 17.1 Å². The molecule has 2 rings (SSSR count). The molecule has 0 aromatic heterocycles. The number of rotatable bonds is 0. The Hall–Kier alpha value is -1.04. The van der Waals surface area contributed by atoms with Crippen LogP contribution in [0.4, 0.5) is 0 Å². The third-order valence-electron chi connectivity index (χ3n) is 1.40. The van der Waals surface area contributed by atoms with E-state index >= 15 is 0 Å². The number of hydrogen-bond acceptors (Lipinski definition) is 0. The van der Waals surface area contributed by atoms with Gasteiger partial charge in [-0.2, -0.15) is 42.8 Å². The Morgan fingerprint density at radius 2 is 1.38 bits per heavy atom. The molecule has 0 amide bonds. The molecule has 0 aliphatic carbocycles. The van der Waals surface area contributed by atoms with Crippen LogP contribution < -0.4 is 0 Å². The maximum Gasteiger partial charge on any atom is 2.00 e. The molecule has 0 spiro atoms. The Kier molecular flexibility index (Phi) is 6.99. The average Bonchev–Trinajstić information content (AvgIpc) is 2.62. The summed E-state index contributed by atoms with van der Waals surface area (Å²) in [6.07, 6.45) is 0. The van der Waals surface area contributed by atoms with Crippen LogP contribution in [-0.2, 0) is 17.1 Å². The summed E-state index contributed by atoms with van der Waals surface area (Å²) in [7, 11) is 0. The first-order valence-electron chi connectivity index (χ1n) is 3.93. The van der Waals surface area contributed by atoms with Gasteiger partial charge in [0.25, 0.3) is 0 Å². The van der Waals surface area contributed by atoms with E-state index in [0.717, 1.165) is 5.56 Å². The summed E-state index contributed by atoms with van der Waals surface area (Å²) in [5.41, 5.74) is 1.07. The minimum absolute atomic E-state index is 0. The van der Waals surface area contributed by atoms with E-state index in [1.165, 1.54) is 0 Å². The molecular weight excluding hydrogens is 200 g/mol. The van der Waals surface area contributed by atoms with Crippen molar-refractivity contribution in [1.82, 2.24) is 0 Å². The van der Waals surface area contributed by atoms with Crippen molar-refractivity contribution in [1.29, 1.82) is 0 Å². The maximum absolute atomic E-state index is 3.72. The fourth-order valence-corrected chi connectivity index (χ4v) is 0.799. The van der Waals surface area contributed by atoms with Gasteiger partial charge in [0.2, 0.25) is 0 Å². The van der Waals surface area contributed by atoms with Crippen LogP contribution in [0.1, 0.15) is 5.56 Å². The minimum Gasteiger partial charge on any atom is -0.214 e. The van der Waals surface area contributed by atoms with Crippen LogP contribution in [0.25, 0.3) is 0 Å². The molecule has 0 saturated heterocycles. The molecule has 0 heterocycles. The van der Waals surface area contributed by atoms with E-state index in [0.29, 0.717) is 0 Å². The Labute approximate surface area is 90.4 Å². The van der Waals surface area contributed by atoms with Crippen molar-refractivity contribution in [2.24, 2.45) is 0 Å². The van der Waals surface area contributed by atoms with Gasteiger partial charge >= 0.3 is 17.1 Å². The second-order valence-corrected chi connectivity index (χ2v) is 2.45. The fourth-order valence-electron chi connectivity index (χ4n) is 0.799. The van der Waals surface area contributed by atoms with Crippen LogP contribution >= 0.6 is 0 Å². The van der Waals surface area contributed by atoms with Crippen molar-refractivity contribution in [2.45, 2.75) is 0 Å². The van der Waals surface area contributed by atoms with Gasteiger partial charge in [-0.05, 0) is 0 Å². The summed E-state index contributed by atoms with van der Waals surface area (Å²) in [6, 6.07) is 19.9. The average molecular weight is 212 g/mol. The van der Waals surface area contributed by atoms with Gasteiger partial charge in [0, 0.05) is 0 Å². The second-order valence-electron chi connectivity index (χ2n) is 2.45.